The highest BCUT2D eigenvalue weighted by molar-refractivity contribution is 6.37. The maximum atomic E-state index is 11.6. The zero-order valence-electron chi connectivity index (χ0n) is 10.7. The highest BCUT2D eigenvalue weighted by atomic mass is 35.5. The normalized spacial score (nSPS) is 12.6. The van der Waals surface area contributed by atoms with Gasteiger partial charge in [-0.2, -0.15) is 0 Å². The molecule has 0 bridgehead atoms. The van der Waals surface area contributed by atoms with E-state index in [0.29, 0.717) is 22.0 Å². The van der Waals surface area contributed by atoms with Crippen LogP contribution in [0.1, 0.15) is 25.3 Å². The summed E-state index contributed by atoms with van der Waals surface area (Å²) in [5.74, 6) is -0.286. The molecule has 104 valence electrons. The van der Waals surface area contributed by atoms with E-state index in [2.05, 4.69) is 5.32 Å². The van der Waals surface area contributed by atoms with Crippen LogP contribution in [0.25, 0.3) is 6.08 Å². The van der Waals surface area contributed by atoms with E-state index in [1.165, 1.54) is 6.08 Å². The van der Waals surface area contributed by atoms with Crippen LogP contribution >= 0.6 is 23.2 Å². The summed E-state index contributed by atoms with van der Waals surface area (Å²) in [7, 11) is 0. The number of carbonyl (C=O) groups is 1. The molecule has 0 aliphatic carbocycles. The summed E-state index contributed by atoms with van der Waals surface area (Å²) in [6, 6.07) is 5.15. The molecule has 3 nitrogen and oxygen atoms in total. The van der Waals surface area contributed by atoms with Gasteiger partial charge in [-0.15, -0.1) is 0 Å². The third kappa shape index (κ3) is 5.64. The monoisotopic (exact) mass is 301 g/mol. The lowest BCUT2D eigenvalue weighted by molar-refractivity contribution is -0.116. The fourth-order valence-electron chi connectivity index (χ4n) is 1.54. The van der Waals surface area contributed by atoms with Crippen molar-refractivity contribution in [1.29, 1.82) is 0 Å². The molecule has 0 spiro atoms. The van der Waals surface area contributed by atoms with Crippen LogP contribution in [0.2, 0.25) is 10.0 Å². The van der Waals surface area contributed by atoms with Gasteiger partial charge in [-0.25, -0.2) is 0 Å². The van der Waals surface area contributed by atoms with Crippen molar-refractivity contribution in [2.45, 2.75) is 25.9 Å². The van der Waals surface area contributed by atoms with E-state index in [0.717, 1.165) is 6.42 Å². The quantitative estimate of drug-likeness (QED) is 0.792. The van der Waals surface area contributed by atoms with Gasteiger partial charge >= 0.3 is 0 Å². The van der Waals surface area contributed by atoms with Gasteiger partial charge in [-0.3, -0.25) is 4.79 Å². The predicted octanol–water partition coefficient (Wildman–Crippen LogP) is 3.28. The Morgan fingerprint density at radius 3 is 2.63 bits per heavy atom. The lowest BCUT2D eigenvalue weighted by atomic mass is 10.2. The number of aliphatic hydroxyl groups is 1. The summed E-state index contributed by atoms with van der Waals surface area (Å²) in [5, 5.41) is 13.1. The Bertz CT molecular complexity index is 441. The first kappa shape index (κ1) is 16.0. The van der Waals surface area contributed by atoms with Gasteiger partial charge in [0.05, 0.1) is 6.10 Å². The zero-order valence-corrected chi connectivity index (χ0v) is 12.2. The molecule has 5 heteroatoms. The van der Waals surface area contributed by atoms with Gasteiger partial charge in [0.15, 0.2) is 0 Å². The Hall–Kier alpha value is -1.03. The zero-order chi connectivity index (χ0) is 14.3. The van der Waals surface area contributed by atoms with E-state index in [1.807, 2.05) is 6.92 Å². The predicted molar refractivity (Wildman–Crippen MR) is 79.4 cm³/mol. The van der Waals surface area contributed by atoms with Gasteiger partial charge in [0.1, 0.15) is 0 Å². The largest absolute Gasteiger partial charge is 0.391 e. The second-order valence-corrected chi connectivity index (χ2v) is 4.97. The van der Waals surface area contributed by atoms with Crippen LogP contribution in [0, 0.1) is 0 Å². The maximum absolute atomic E-state index is 11.6. The fourth-order valence-corrected chi connectivity index (χ4v) is 2.07. The molecule has 0 aliphatic heterocycles. The molecule has 0 radical (unpaired) electrons. The number of benzene rings is 1. The number of rotatable bonds is 6. The maximum Gasteiger partial charge on any atom is 0.244 e. The molecule has 1 atom stereocenters. The van der Waals surface area contributed by atoms with Crippen molar-refractivity contribution in [3.05, 3.63) is 39.9 Å². The fraction of sp³-hybridized carbons (Fsp3) is 0.357. The Labute approximate surface area is 123 Å². The smallest absolute Gasteiger partial charge is 0.244 e. The Balaban J connectivity index is 2.54. The summed E-state index contributed by atoms with van der Waals surface area (Å²) in [4.78, 5) is 11.6. The van der Waals surface area contributed by atoms with Crippen LogP contribution in [0.15, 0.2) is 24.3 Å². The first-order valence-corrected chi connectivity index (χ1v) is 6.88. The standard InChI is InChI=1S/C14H17Cl2NO2/c1-2-4-10(18)9-17-14(19)8-7-11-12(15)5-3-6-13(11)16/h3,5-8,10,18H,2,4,9H2,1H3,(H,17,19)/b8-7+. The minimum absolute atomic E-state index is 0.243. The van der Waals surface area contributed by atoms with E-state index in [-0.39, 0.29) is 12.5 Å². The van der Waals surface area contributed by atoms with Crippen molar-refractivity contribution in [3.8, 4) is 0 Å². The third-order valence-electron chi connectivity index (χ3n) is 2.53. The molecule has 0 heterocycles. The molecule has 19 heavy (non-hydrogen) atoms. The number of aliphatic hydroxyl groups excluding tert-OH is 1. The second-order valence-electron chi connectivity index (χ2n) is 4.16. The van der Waals surface area contributed by atoms with Crippen molar-refractivity contribution in [2.75, 3.05) is 6.54 Å². The first-order chi connectivity index (χ1) is 9.04. The Morgan fingerprint density at radius 2 is 2.05 bits per heavy atom. The van der Waals surface area contributed by atoms with Crippen LogP contribution in [-0.2, 0) is 4.79 Å². The highest BCUT2D eigenvalue weighted by Gasteiger charge is 2.05. The van der Waals surface area contributed by atoms with Crippen molar-refractivity contribution in [1.82, 2.24) is 5.32 Å². The molecule has 1 aromatic carbocycles. The van der Waals surface area contributed by atoms with E-state index in [1.54, 1.807) is 24.3 Å². The molecule has 1 aromatic rings. The third-order valence-corrected chi connectivity index (χ3v) is 3.19. The van der Waals surface area contributed by atoms with E-state index >= 15 is 0 Å². The van der Waals surface area contributed by atoms with E-state index in [9.17, 15) is 9.90 Å². The van der Waals surface area contributed by atoms with Crippen LogP contribution in [0.4, 0.5) is 0 Å². The van der Waals surface area contributed by atoms with Crippen molar-refractivity contribution >= 4 is 35.2 Å². The first-order valence-electron chi connectivity index (χ1n) is 6.12. The average Bonchev–Trinajstić information content (AvgIpc) is 2.36. The molecule has 1 unspecified atom stereocenters. The second kappa shape index (κ2) is 8.20. The average molecular weight is 302 g/mol. The Morgan fingerprint density at radius 1 is 1.42 bits per heavy atom. The number of hydrogen-bond acceptors (Lipinski definition) is 2. The molecule has 0 aliphatic rings. The van der Waals surface area contributed by atoms with Gasteiger partial charge in [0, 0.05) is 28.2 Å². The van der Waals surface area contributed by atoms with Crippen LogP contribution in [0.5, 0.6) is 0 Å². The summed E-state index contributed by atoms with van der Waals surface area (Å²) in [6.45, 7) is 2.22. The number of carbonyl (C=O) groups excluding carboxylic acids is 1. The molecular weight excluding hydrogens is 285 g/mol. The van der Waals surface area contributed by atoms with Gasteiger partial charge in [0.2, 0.25) is 5.91 Å². The molecular formula is C14H17Cl2NO2. The molecule has 0 saturated heterocycles. The molecule has 1 rings (SSSR count). The van der Waals surface area contributed by atoms with Gasteiger partial charge < -0.3 is 10.4 Å². The number of amides is 1. The van der Waals surface area contributed by atoms with E-state index < -0.39 is 6.10 Å². The van der Waals surface area contributed by atoms with Crippen molar-refractivity contribution in [2.24, 2.45) is 0 Å². The molecule has 0 saturated carbocycles. The van der Waals surface area contributed by atoms with Gasteiger partial charge in [-0.1, -0.05) is 42.6 Å². The minimum Gasteiger partial charge on any atom is -0.391 e. The number of hydrogen-bond donors (Lipinski definition) is 2. The minimum atomic E-state index is -0.508. The van der Waals surface area contributed by atoms with Crippen LogP contribution in [-0.4, -0.2) is 23.7 Å². The summed E-state index contributed by atoms with van der Waals surface area (Å²) in [5.41, 5.74) is 0.607. The number of nitrogens with one attached hydrogen (secondary N) is 1. The van der Waals surface area contributed by atoms with E-state index in [4.69, 9.17) is 23.2 Å². The molecule has 0 fully saturated rings. The molecule has 2 N–H and O–H groups in total. The summed E-state index contributed by atoms with van der Waals surface area (Å²) < 4.78 is 0. The topological polar surface area (TPSA) is 49.3 Å². The van der Waals surface area contributed by atoms with Crippen LogP contribution in [0.3, 0.4) is 0 Å². The lowest BCUT2D eigenvalue weighted by Crippen LogP contribution is -2.30. The molecule has 1 amide bonds. The van der Waals surface area contributed by atoms with Gasteiger partial charge in [-0.05, 0) is 24.6 Å². The number of halogens is 2. The van der Waals surface area contributed by atoms with Gasteiger partial charge in [0.25, 0.3) is 0 Å². The SMILES string of the molecule is CCCC(O)CNC(=O)/C=C/c1c(Cl)cccc1Cl. The van der Waals surface area contributed by atoms with Crippen LogP contribution < -0.4 is 5.32 Å². The highest BCUT2D eigenvalue weighted by Crippen LogP contribution is 2.25. The van der Waals surface area contributed by atoms with Crippen molar-refractivity contribution < 1.29 is 9.90 Å². The Kier molecular flexibility index (Phi) is 6.92. The molecule has 0 aromatic heterocycles. The summed E-state index contributed by atoms with van der Waals surface area (Å²) >= 11 is 11.9. The van der Waals surface area contributed by atoms with Crippen molar-refractivity contribution in [3.63, 3.8) is 0 Å². The lowest BCUT2D eigenvalue weighted by Gasteiger charge is -2.09. The summed E-state index contributed by atoms with van der Waals surface area (Å²) in [6.07, 6.45) is 3.95.